The fraction of sp³-hybridized carbons (Fsp3) is 0.500. The van der Waals surface area contributed by atoms with Gasteiger partial charge in [-0.05, 0) is 42.8 Å². The number of ether oxygens (including phenoxy) is 4. The van der Waals surface area contributed by atoms with Crippen molar-refractivity contribution in [1.82, 2.24) is 4.98 Å². The second kappa shape index (κ2) is 18.0. The minimum absolute atomic E-state index is 0.183. The summed E-state index contributed by atoms with van der Waals surface area (Å²) >= 11 is 0. The first-order valence-electron chi connectivity index (χ1n) is 13.3. The molecule has 0 bridgehead atoms. The molecule has 0 fully saturated rings. The summed E-state index contributed by atoms with van der Waals surface area (Å²) in [7, 11) is 2.67. The lowest BCUT2D eigenvalue weighted by atomic mass is 10.1. The van der Waals surface area contributed by atoms with E-state index in [-0.39, 0.29) is 6.61 Å². The quantitative estimate of drug-likeness (QED) is 0.122. The maximum atomic E-state index is 11.7. The van der Waals surface area contributed by atoms with Crippen molar-refractivity contribution in [2.24, 2.45) is 0 Å². The Morgan fingerprint density at radius 1 is 0.838 bits per heavy atom. The molecule has 1 aromatic carbocycles. The Balaban J connectivity index is 1.88. The zero-order valence-corrected chi connectivity index (χ0v) is 22.5. The number of esters is 2. The molecule has 0 spiro atoms. The van der Waals surface area contributed by atoms with Crippen LogP contribution in [0.2, 0.25) is 0 Å². The molecule has 0 unspecified atom stereocenters. The molecular weight excluding hydrogens is 470 g/mol. The largest absolute Gasteiger partial charge is 0.491 e. The first kappa shape index (κ1) is 29.9. The number of methoxy groups -OCH3 is 2. The van der Waals surface area contributed by atoms with Crippen molar-refractivity contribution in [1.29, 1.82) is 0 Å². The smallest absolute Gasteiger partial charge is 0.337 e. The lowest BCUT2D eigenvalue weighted by Crippen LogP contribution is -2.05. The molecule has 0 radical (unpaired) electrons. The second-order valence-corrected chi connectivity index (χ2v) is 8.88. The molecule has 2 rings (SSSR count). The average molecular weight is 512 g/mol. The van der Waals surface area contributed by atoms with Crippen molar-refractivity contribution >= 4 is 18.0 Å². The van der Waals surface area contributed by atoms with Gasteiger partial charge in [0.15, 0.2) is 0 Å². The fourth-order valence-electron chi connectivity index (χ4n) is 3.80. The Morgan fingerprint density at radius 2 is 1.54 bits per heavy atom. The molecule has 1 aromatic heterocycles. The predicted molar refractivity (Wildman–Crippen MR) is 145 cm³/mol. The number of hydrogen-bond donors (Lipinski definition) is 0. The monoisotopic (exact) mass is 511 g/mol. The van der Waals surface area contributed by atoms with Gasteiger partial charge < -0.3 is 18.9 Å². The summed E-state index contributed by atoms with van der Waals surface area (Å²) in [6.45, 7) is 3.02. The summed E-state index contributed by atoms with van der Waals surface area (Å²) in [5.41, 5.74) is 1.59. The molecule has 0 aliphatic heterocycles. The van der Waals surface area contributed by atoms with Gasteiger partial charge in [0.1, 0.15) is 23.8 Å². The molecule has 0 aliphatic rings. The van der Waals surface area contributed by atoms with Crippen LogP contribution in [0.15, 0.2) is 42.5 Å². The van der Waals surface area contributed by atoms with Gasteiger partial charge in [-0.15, -0.1) is 0 Å². The summed E-state index contributed by atoms with van der Waals surface area (Å²) in [5.74, 6) is 0.233. The number of hydrogen-bond acceptors (Lipinski definition) is 7. The molecule has 0 N–H and O–H groups in total. The van der Waals surface area contributed by atoms with E-state index in [4.69, 9.17) is 18.9 Å². The molecule has 0 amide bonds. The number of aromatic nitrogens is 1. The number of nitrogens with zero attached hydrogens (tertiary/aromatic N) is 1. The van der Waals surface area contributed by atoms with Gasteiger partial charge in [0, 0.05) is 6.08 Å². The number of unbranched alkanes of at least 4 members (excludes halogenated alkanes) is 9. The van der Waals surface area contributed by atoms with Crippen molar-refractivity contribution in [3.05, 3.63) is 59.4 Å². The van der Waals surface area contributed by atoms with Gasteiger partial charge in [-0.25, -0.2) is 14.6 Å². The number of benzene rings is 1. The Morgan fingerprint density at radius 3 is 2.22 bits per heavy atom. The van der Waals surface area contributed by atoms with Gasteiger partial charge in [0.2, 0.25) is 0 Å². The van der Waals surface area contributed by atoms with E-state index in [1.54, 1.807) is 30.3 Å². The lowest BCUT2D eigenvalue weighted by Gasteiger charge is -2.12. The Labute approximate surface area is 221 Å². The summed E-state index contributed by atoms with van der Waals surface area (Å²) in [5, 5.41) is 0. The zero-order valence-electron chi connectivity index (χ0n) is 22.5. The summed E-state index contributed by atoms with van der Waals surface area (Å²) < 4.78 is 21.3. The van der Waals surface area contributed by atoms with E-state index in [1.807, 2.05) is 12.1 Å². The van der Waals surface area contributed by atoms with Crippen LogP contribution in [-0.4, -0.2) is 37.7 Å². The van der Waals surface area contributed by atoms with E-state index in [2.05, 4.69) is 11.9 Å². The minimum Gasteiger partial charge on any atom is -0.491 e. The number of carbonyl (C=O) groups is 2. The highest BCUT2D eigenvalue weighted by Gasteiger charge is 2.09. The van der Waals surface area contributed by atoms with E-state index in [9.17, 15) is 9.59 Å². The third-order valence-electron chi connectivity index (χ3n) is 5.92. The van der Waals surface area contributed by atoms with Crippen LogP contribution in [0.25, 0.3) is 6.08 Å². The Hall–Kier alpha value is -3.35. The van der Waals surface area contributed by atoms with Crippen molar-refractivity contribution in [2.45, 2.75) is 77.7 Å². The normalized spacial score (nSPS) is 10.9. The molecule has 0 saturated heterocycles. The lowest BCUT2D eigenvalue weighted by molar-refractivity contribution is -0.134. The van der Waals surface area contributed by atoms with Crippen molar-refractivity contribution < 1.29 is 28.5 Å². The van der Waals surface area contributed by atoms with Crippen LogP contribution in [0.1, 0.15) is 92.9 Å². The summed E-state index contributed by atoms with van der Waals surface area (Å²) in [6, 6.07) is 10.4. The molecule has 0 atom stereocenters. The maximum Gasteiger partial charge on any atom is 0.337 e. The van der Waals surface area contributed by atoms with Crippen molar-refractivity contribution in [3.63, 3.8) is 0 Å². The van der Waals surface area contributed by atoms with Gasteiger partial charge in [0.05, 0.1) is 32.1 Å². The van der Waals surface area contributed by atoms with Crippen LogP contribution in [-0.2, 0) is 20.9 Å². The van der Waals surface area contributed by atoms with Gasteiger partial charge >= 0.3 is 11.9 Å². The van der Waals surface area contributed by atoms with E-state index in [0.717, 1.165) is 12.8 Å². The minimum atomic E-state index is -0.469. The highest BCUT2D eigenvalue weighted by molar-refractivity contribution is 5.89. The van der Waals surface area contributed by atoms with Gasteiger partial charge in [0.25, 0.3) is 0 Å². The zero-order chi connectivity index (χ0) is 26.7. The first-order chi connectivity index (χ1) is 18.1. The first-order valence-corrected chi connectivity index (χ1v) is 13.3. The molecule has 1 heterocycles. The van der Waals surface area contributed by atoms with Crippen LogP contribution in [0.5, 0.6) is 11.5 Å². The van der Waals surface area contributed by atoms with Gasteiger partial charge in [-0.1, -0.05) is 70.8 Å². The molecule has 0 saturated carbocycles. The Bertz CT molecular complexity index is 988. The molecule has 0 aliphatic carbocycles. The maximum absolute atomic E-state index is 11.7. The van der Waals surface area contributed by atoms with Crippen LogP contribution >= 0.6 is 0 Å². The molecular formula is C30H41NO6. The standard InChI is InChI=1S/C30H41NO6/c1-4-5-6-7-8-9-10-11-12-13-21-36-28-19-17-25(31-27(28)18-20-29(32)34-2)23-37-26-16-14-15-24(22-26)30(33)35-3/h14-20,22H,4-13,21,23H2,1-3H3/b20-18+. The van der Waals surface area contributed by atoms with Crippen LogP contribution in [0.4, 0.5) is 0 Å². The van der Waals surface area contributed by atoms with Gasteiger partial charge in [-0.2, -0.15) is 0 Å². The molecule has 202 valence electrons. The van der Waals surface area contributed by atoms with Crippen LogP contribution in [0, 0.1) is 0 Å². The summed E-state index contributed by atoms with van der Waals surface area (Å²) in [4.78, 5) is 28.0. The van der Waals surface area contributed by atoms with E-state index < -0.39 is 11.9 Å². The highest BCUT2D eigenvalue weighted by atomic mass is 16.5. The van der Waals surface area contributed by atoms with E-state index in [1.165, 1.54) is 71.7 Å². The average Bonchev–Trinajstić information content (AvgIpc) is 2.93. The van der Waals surface area contributed by atoms with E-state index in [0.29, 0.717) is 35.1 Å². The van der Waals surface area contributed by atoms with Crippen LogP contribution in [0.3, 0.4) is 0 Å². The third-order valence-corrected chi connectivity index (χ3v) is 5.92. The number of carbonyl (C=O) groups excluding carboxylic acids is 2. The van der Waals surface area contributed by atoms with Crippen molar-refractivity contribution in [2.75, 3.05) is 20.8 Å². The second-order valence-electron chi connectivity index (χ2n) is 8.88. The SMILES string of the molecule is CCCCCCCCCCCCOc1ccc(COc2cccc(C(=O)OC)c2)nc1/C=C/C(=O)OC. The molecule has 7 heteroatoms. The molecule has 2 aromatic rings. The summed E-state index contributed by atoms with van der Waals surface area (Å²) in [6.07, 6.45) is 15.5. The Kier molecular flexibility index (Phi) is 14.5. The number of rotatable bonds is 18. The third kappa shape index (κ3) is 12.0. The van der Waals surface area contributed by atoms with Crippen molar-refractivity contribution in [3.8, 4) is 11.5 Å². The van der Waals surface area contributed by atoms with E-state index >= 15 is 0 Å². The molecule has 37 heavy (non-hydrogen) atoms. The predicted octanol–water partition coefficient (Wildman–Crippen LogP) is 6.93. The topological polar surface area (TPSA) is 84.0 Å². The highest BCUT2D eigenvalue weighted by Crippen LogP contribution is 2.21. The number of pyridine rings is 1. The fourth-order valence-corrected chi connectivity index (χ4v) is 3.80. The molecule has 7 nitrogen and oxygen atoms in total. The van der Waals surface area contributed by atoms with Crippen LogP contribution < -0.4 is 9.47 Å². The van der Waals surface area contributed by atoms with Gasteiger partial charge in [-0.3, -0.25) is 0 Å².